The van der Waals surface area contributed by atoms with Gasteiger partial charge in [-0.3, -0.25) is 4.79 Å². The molecule has 1 aliphatic rings. The Hall–Kier alpha value is -3.71. The number of hydrogen-bond acceptors (Lipinski definition) is 8. The predicted octanol–water partition coefficient (Wildman–Crippen LogP) is 4.15. The number of aromatic nitrogens is 2. The molecule has 0 bridgehead atoms. The largest absolute Gasteiger partial charge is 0.534 e. The van der Waals surface area contributed by atoms with E-state index in [1.54, 1.807) is 13.0 Å². The minimum Gasteiger partial charge on any atom is -0.372 e. The van der Waals surface area contributed by atoms with E-state index in [1.165, 1.54) is 17.2 Å². The molecular formula is C22H19F3N4O5S. The van der Waals surface area contributed by atoms with Crippen LogP contribution in [0.15, 0.2) is 54.7 Å². The minimum absolute atomic E-state index is 0.0357. The number of hydrogen-bond donors (Lipinski definition) is 1. The first-order valence-corrected chi connectivity index (χ1v) is 11.7. The Morgan fingerprint density at radius 1 is 1.06 bits per heavy atom. The number of pyridine rings is 2. The number of nitrogens with zero attached hydrogens (tertiary/aromatic N) is 3. The van der Waals surface area contributed by atoms with Crippen LogP contribution in [0.4, 0.5) is 30.5 Å². The van der Waals surface area contributed by atoms with Crippen LogP contribution >= 0.6 is 0 Å². The van der Waals surface area contributed by atoms with Crippen molar-refractivity contribution in [3.63, 3.8) is 0 Å². The maximum absolute atomic E-state index is 13.0. The highest BCUT2D eigenvalue weighted by Crippen LogP contribution is 2.40. The number of alkyl halides is 3. The van der Waals surface area contributed by atoms with Crippen molar-refractivity contribution >= 4 is 33.3 Å². The fourth-order valence-electron chi connectivity index (χ4n) is 3.43. The van der Waals surface area contributed by atoms with Gasteiger partial charge in [-0.15, -0.1) is 0 Å². The highest BCUT2D eigenvalue weighted by molar-refractivity contribution is 7.87. The van der Waals surface area contributed by atoms with Gasteiger partial charge in [0.1, 0.15) is 5.82 Å². The molecule has 9 nitrogen and oxygen atoms in total. The van der Waals surface area contributed by atoms with Crippen LogP contribution in [0.5, 0.6) is 5.88 Å². The molecule has 4 rings (SSSR count). The zero-order valence-corrected chi connectivity index (χ0v) is 19.1. The smallest absolute Gasteiger partial charge is 0.372 e. The van der Waals surface area contributed by atoms with E-state index in [1.807, 2.05) is 30.3 Å². The van der Waals surface area contributed by atoms with Gasteiger partial charge in [0.25, 0.3) is 5.91 Å². The van der Waals surface area contributed by atoms with Crippen molar-refractivity contribution in [1.82, 2.24) is 9.97 Å². The highest BCUT2D eigenvalue weighted by atomic mass is 32.2. The minimum atomic E-state index is -5.99. The van der Waals surface area contributed by atoms with Crippen LogP contribution in [0.25, 0.3) is 0 Å². The Kier molecular flexibility index (Phi) is 6.63. The maximum atomic E-state index is 13.0. The molecule has 13 heteroatoms. The molecule has 0 aliphatic carbocycles. The van der Waals surface area contributed by atoms with Crippen LogP contribution in [0.3, 0.4) is 0 Å². The van der Waals surface area contributed by atoms with Crippen LogP contribution in [0.1, 0.15) is 28.4 Å². The molecule has 0 saturated heterocycles. The molecule has 0 unspecified atom stereocenters. The van der Waals surface area contributed by atoms with Crippen molar-refractivity contribution in [1.29, 1.82) is 0 Å². The van der Waals surface area contributed by atoms with Gasteiger partial charge >= 0.3 is 15.6 Å². The summed E-state index contributed by atoms with van der Waals surface area (Å²) in [5.41, 5.74) is -4.32. The number of ether oxygens (including phenoxy) is 1. The molecule has 184 valence electrons. The average Bonchev–Trinajstić information content (AvgIpc) is 2.93. The van der Waals surface area contributed by atoms with Crippen molar-refractivity contribution in [2.24, 2.45) is 0 Å². The first-order valence-electron chi connectivity index (χ1n) is 10.3. The number of anilines is 3. The molecule has 0 fully saturated rings. The van der Waals surface area contributed by atoms with E-state index in [9.17, 15) is 26.4 Å². The van der Waals surface area contributed by atoms with Crippen molar-refractivity contribution in [2.45, 2.75) is 25.6 Å². The number of carbonyl (C=O) groups excluding carboxylic acids is 1. The number of fused-ring (bicyclic) bond motifs is 2. The average molecular weight is 508 g/mol. The standard InChI is InChI=1S/C22H19F3N4O5S/c1-2-29-19-16(9-6-10-26-19)21(30)28-18-15(13-33-12-14-7-4-3-5-8-14)11-17(27-20(18)29)34-35(31,32)22(23,24)25/h3-11H,2,12-13H2,1H3,(H,28,30). The van der Waals surface area contributed by atoms with Gasteiger partial charge in [-0.25, -0.2) is 4.98 Å². The summed E-state index contributed by atoms with van der Waals surface area (Å²) >= 11 is 0. The topological polar surface area (TPSA) is 111 Å². The summed E-state index contributed by atoms with van der Waals surface area (Å²) in [6, 6.07) is 13.2. The molecule has 0 spiro atoms. The van der Waals surface area contributed by atoms with Crippen LogP contribution in [0.2, 0.25) is 0 Å². The van der Waals surface area contributed by atoms with Gasteiger partial charge in [-0.1, -0.05) is 30.3 Å². The SMILES string of the molecule is CCN1c2ncccc2C(=O)Nc2c(COCc3ccccc3)cc(OS(=O)(=O)C(F)(F)F)nc21. The van der Waals surface area contributed by atoms with Crippen LogP contribution < -0.4 is 14.4 Å². The Bertz CT molecular complexity index is 1350. The molecule has 1 aromatic carbocycles. The zero-order chi connectivity index (χ0) is 25.2. The number of rotatable bonds is 7. The molecule has 35 heavy (non-hydrogen) atoms. The van der Waals surface area contributed by atoms with Crippen LogP contribution in [-0.2, 0) is 28.1 Å². The van der Waals surface area contributed by atoms with Gasteiger partial charge in [0, 0.05) is 24.4 Å². The molecule has 0 radical (unpaired) electrons. The second-order valence-corrected chi connectivity index (χ2v) is 8.89. The van der Waals surface area contributed by atoms with Gasteiger partial charge in [-0.2, -0.15) is 26.6 Å². The van der Waals surface area contributed by atoms with E-state index in [0.717, 1.165) is 11.6 Å². The molecule has 0 atom stereocenters. The maximum Gasteiger partial charge on any atom is 0.534 e. The van der Waals surface area contributed by atoms with Crippen LogP contribution in [0, 0.1) is 0 Å². The summed E-state index contributed by atoms with van der Waals surface area (Å²) in [6.45, 7) is 1.88. The molecule has 1 N–H and O–H groups in total. The van der Waals surface area contributed by atoms with E-state index in [4.69, 9.17) is 4.74 Å². The van der Waals surface area contributed by atoms with E-state index < -0.39 is 27.4 Å². The summed E-state index contributed by atoms with van der Waals surface area (Å²) in [6.07, 6.45) is 1.44. The second kappa shape index (κ2) is 9.50. The highest BCUT2D eigenvalue weighted by Gasteiger charge is 2.49. The summed E-state index contributed by atoms with van der Waals surface area (Å²) in [4.78, 5) is 22.6. The Morgan fingerprint density at radius 2 is 1.80 bits per heavy atom. The molecule has 3 aromatic rings. The van der Waals surface area contributed by atoms with E-state index in [-0.39, 0.29) is 48.2 Å². The fourth-order valence-corrected chi connectivity index (χ4v) is 3.83. The third-order valence-corrected chi connectivity index (χ3v) is 5.96. The van der Waals surface area contributed by atoms with Gasteiger partial charge < -0.3 is 19.1 Å². The number of amides is 1. The number of halogens is 3. The Balaban J connectivity index is 1.79. The molecule has 1 aliphatic heterocycles. The van der Waals surface area contributed by atoms with E-state index in [2.05, 4.69) is 19.5 Å². The summed E-state index contributed by atoms with van der Waals surface area (Å²) in [7, 11) is -5.99. The Morgan fingerprint density at radius 3 is 2.49 bits per heavy atom. The van der Waals surface area contributed by atoms with Crippen molar-refractivity contribution in [2.75, 3.05) is 16.8 Å². The first kappa shape index (κ1) is 24.4. The molecule has 1 amide bonds. The Labute approximate surface area is 198 Å². The predicted molar refractivity (Wildman–Crippen MR) is 120 cm³/mol. The van der Waals surface area contributed by atoms with Gasteiger partial charge in [0.2, 0.25) is 5.88 Å². The molecular weight excluding hydrogens is 489 g/mol. The summed E-state index contributed by atoms with van der Waals surface area (Å²) < 4.78 is 72.2. The second-order valence-electron chi connectivity index (χ2n) is 7.35. The fraction of sp³-hybridized carbons (Fsp3) is 0.227. The third-order valence-electron chi connectivity index (χ3n) is 5.00. The molecule has 0 saturated carbocycles. The molecule has 2 aromatic heterocycles. The normalized spacial score (nSPS) is 13.5. The number of nitrogens with one attached hydrogen (secondary N) is 1. The van der Waals surface area contributed by atoms with E-state index >= 15 is 0 Å². The van der Waals surface area contributed by atoms with Crippen LogP contribution in [-0.4, -0.2) is 36.3 Å². The number of benzene rings is 1. The zero-order valence-electron chi connectivity index (χ0n) is 18.2. The lowest BCUT2D eigenvalue weighted by atomic mass is 10.2. The number of carbonyl (C=O) groups is 1. The first-order chi connectivity index (χ1) is 16.6. The van der Waals surface area contributed by atoms with Gasteiger partial charge in [0.15, 0.2) is 5.82 Å². The van der Waals surface area contributed by atoms with Crippen molar-refractivity contribution < 1.29 is 35.3 Å². The lowest BCUT2D eigenvalue weighted by molar-refractivity contribution is -0.0501. The van der Waals surface area contributed by atoms with Gasteiger partial charge in [-0.05, 0) is 24.6 Å². The quantitative estimate of drug-likeness (QED) is 0.375. The van der Waals surface area contributed by atoms with Crippen molar-refractivity contribution in [3.05, 3.63) is 71.4 Å². The third kappa shape index (κ3) is 5.05. The lowest BCUT2D eigenvalue weighted by Gasteiger charge is -2.23. The lowest BCUT2D eigenvalue weighted by Crippen LogP contribution is -2.29. The van der Waals surface area contributed by atoms with E-state index in [0.29, 0.717) is 0 Å². The summed E-state index contributed by atoms with van der Waals surface area (Å²) in [5.74, 6) is -1.18. The molecule has 3 heterocycles. The monoisotopic (exact) mass is 508 g/mol. The van der Waals surface area contributed by atoms with Gasteiger partial charge in [0.05, 0.1) is 24.5 Å². The van der Waals surface area contributed by atoms with Crippen molar-refractivity contribution in [3.8, 4) is 5.88 Å². The summed E-state index contributed by atoms with van der Waals surface area (Å²) in [5, 5.41) is 2.69.